The van der Waals surface area contributed by atoms with Gasteiger partial charge in [-0.2, -0.15) is 5.10 Å². The third kappa shape index (κ3) is 4.08. The molecule has 0 fully saturated rings. The minimum Gasteiger partial charge on any atom is -0.346 e. The number of benzene rings is 2. The lowest BCUT2D eigenvalue weighted by atomic mass is 9.89. The van der Waals surface area contributed by atoms with Gasteiger partial charge in [-0.15, -0.1) is 0 Å². The number of amides is 1. The number of carbonyl (C=O) groups is 1. The smallest absolute Gasteiger partial charge is 0.251 e. The largest absolute Gasteiger partial charge is 0.346 e. The van der Waals surface area contributed by atoms with Crippen molar-refractivity contribution in [2.45, 2.75) is 45.2 Å². The van der Waals surface area contributed by atoms with Gasteiger partial charge in [0.05, 0.1) is 12.6 Å². The molecule has 27 heavy (non-hydrogen) atoms. The number of aromatic nitrogens is 3. The Morgan fingerprint density at radius 1 is 1.11 bits per heavy atom. The first-order valence-electron chi connectivity index (χ1n) is 9.53. The summed E-state index contributed by atoms with van der Waals surface area (Å²) in [6.07, 6.45) is 8.07. The molecule has 5 heteroatoms. The maximum atomic E-state index is 12.6. The van der Waals surface area contributed by atoms with E-state index < -0.39 is 0 Å². The Morgan fingerprint density at radius 3 is 2.63 bits per heavy atom. The topological polar surface area (TPSA) is 59.8 Å². The van der Waals surface area contributed by atoms with E-state index in [2.05, 4.69) is 33.6 Å². The highest BCUT2D eigenvalue weighted by atomic mass is 16.1. The van der Waals surface area contributed by atoms with E-state index in [0.717, 1.165) is 12.0 Å². The number of hydrogen-bond acceptors (Lipinski definition) is 3. The number of aryl methyl sites for hydroxylation is 2. The molecule has 0 bridgehead atoms. The summed E-state index contributed by atoms with van der Waals surface area (Å²) in [4.78, 5) is 16.5. The van der Waals surface area contributed by atoms with Crippen LogP contribution in [-0.4, -0.2) is 20.7 Å². The van der Waals surface area contributed by atoms with Crippen LogP contribution in [0.3, 0.4) is 0 Å². The predicted octanol–water partition coefficient (Wildman–Crippen LogP) is 3.70. The van der Waals surface area contributed by atoms with Crippen LogP contribution in [0, 0.1) is 0 Å². The molecule has 5 nitrogen and oxygen atoms in total. The van der Waals surface area contributed by atoms with E-state index >= 15 is 0 Å². The fourth-order valence-corrected chi connectivity index (χ4v) is 3.65. The van der Waals surface area contributed by atoms with Crippen molar-refractivity contribution in [2.24, 2.45) is 0 Å². The number of carbonyl (C=O) groups excluding carboxylic acids is 1. The lowest BCUT2D eigenvalue weighted by molar-refractivity contribution is 0.0940. The van der Waals surface area contributed by atoms with Crippen molar-refractivity contribution < 1.29 is 4.79 Å². The van der Waals surface area contributed by atoms with E-state index in [1.54, 1.807) is 11.0 Å². The molecule has 1 aliphatic carbocycles. The summed E-state index contributed by atoms with van der Waals surface area (Å²) in [6.45, 7) is 2.69. The second-order valence-corrected chi connectivity index (χ2v) is 7.22. The summed E-state index contributed by atoms with van der Waals surface area (Å²) < 4.78 is 1.76. The fourth-order valence-electron chi connectivity index (χ4n) is 3.65. The van der Waals surface area contributed by atoms with Gasteiger partial charge in [0.2, 0.25) is 0 Å². The van der Waals surface area contributed by atoms with E-state index in [-0.39, 0.29) is 11.9 Å². The number of rotatable bonds is 5. The Morgan fingerprint density at radius 2 is 1.89 bits per heavy atom. The lowest BCUT2D eigenvalue weighted by Crippen LogP contribution is -2.26. The molecule has 0 radical (unpaired) electrons. The van der Waals surface area contributed by atoms with Crippen LogP contribution in [0.1, 0.15) is 58.4 Å². The van der Waals surface area contributed by atoms with Crippen molar-refractivity contribution in [3.63, 3.8) is 0 Å². The zero-order valence-electron chi connectivity index (χ0n) is 15.6. The second kappa shape index (κ2) is 7.74. The zero-order chi connectivity index (χ0) is 18.6. The molecule has 0 aliphatic heterocycles. The molecule has 1 amide bonds. The van der Waals surface area contributed by atoms with Gasteiger partial charge in [-0.05, 0) is 67.0 Å². The van der Waals surface area contributed by atoms with Gasteiger partial charge in [-0.1, -0.05) is 30.3 Å². The van der Waals surface area contributed by atoms with Gasteiger partial charge in [0.25, 0.3) is 5.91 Å². The molecular formula is C22H24N4O. The minimum atomic E-state index is -0.0486. The highest BCUT2D eigenvalue weighted by molar-refractivity contribution is 5.94. The molecule has 1 aliphatic rings. The van der Waals surface area contributed by atoms with Crippen LogP contribution < -0.4 is 5.32 Å². The highest BCUT2D eigenvalue weighted by Crippen LogP contribution is 2.25. The Balaban J connectivity index is 1.41. The maximum absolute atomic E-state index is 12.6. The van der Waals surface area contributed by atoms with E-state index in [1.165, 1.54) is 42.3 Å². The van der Waals surface area contributed by atoms with Gasteiger partial charge < -0.3 is 5.32 Å². The average molecular weight is 360 g/mol. The number of nitrogens with one attached hydrogen (secondary N) is 1. The Hall–Kier alpha value is -2.95. The van der Waals surface area contributed by atoms with Gasteiger partial charge in [0.1, 0.15) is 12.7 Å². The normalized spacial score (nSPS) is 14.4. The molecule has 1 aromatic heterocycles. The molecule has 2 aromatic carbocycles. The summed E-state index contributed by atoms with van der Waals surface area (Å²) in [6, 6.07) is 14.3. The first-order chi connectivity index (χ1) is 13.2. The van der Waals surface area contributed by atoms with Crippen molar-refractivity contribution in [3.05, 3.63) is 82.9 Å². The monoisotopic (exact) mass is 360 g/mol. The summed E-state index contributed by atoms with van der Waals surface area (Å²) in [7, 11) is 0. The van der Waals surface area contributed by atoms with Gasteiger partial charge in [-0.25, -0.2) is 9.67 Å². The molecule has 0 saturated heterocycles. The third-order valence-electron chi connectivity index (χ3n) is 5.25. The molecule has 3 aromatic rings. The lowest BCUT2D eigenvalue weighted by Gasteiger charge is -2.20. The van der Waals surface area contributed by atoms with Gasteiger partial charge in [0.15, 0.2) is 0 Å². The average Bonchev–Trinajstić information content (AvgIpc) is 3.21. The maximum Gasteiger partial charge on any atom is 0.251 e. The first-order valence-corrected chi connectivity index (χ1v) is 9.53. The van der Waals surface area contributed by atoms with Crippen LogP contribution in [0.25, 0.3) is 0 Å². The third-order valence-corrected chi connectivity index (χ3v) is 5.25. The molecule has 4 rings (SSSR count). The molecule has 138 valence electrons. The van der Waals surface area contributed by atoms with Gasteiger partial charge in [-0.3, -0.25) is 4.79 Å². The highest BCUT2D eigenvalue weighted by Gasteiger charge is 2.15. The number of nitrogens with zero attached hydrogens (tertiary/aromatic N) is 3. The van der Waals surface area contributed by atoms with Gasteiger partial charge in [0, 0.05) is 5.56 Å². The fraction of sp³-hybridized carbons (Fsp3) is 0.318. The SMILES string of the molecule is C[C@@H](NC(=O)c1ccc(Cn2cncn2)cc1)c1ccc2c(c1)CCCC2. The Kier molecular flexibility index (Phi) is 5.01. The van der Waals surface area contributed by atoms with Crippen LogP contribution in [0.15, 0.2) is 55.1 Å². The first kappa shape index (κ1) is 17.5. The predicted molar refractivity (Wildman–Crippen MR) is 105 cm³/mol. The second-order valence-electron chi connectivity index (χ2n) is 7.22. The van der Waals surface area contributed by atoms with E-state index in [1.807, 2.05) is 31.2 Å². The Bertz CT molecular complexity index is 916. The van der Waals surface area contributed by atoms with Crippen LogP contribution >= 0.6 is 0 Å². The van der Waals surface area contributed by atoms with E-state index in [9.17, 15) is 4.79 Å². The molecule has 1 heterocycles. The summed E-state index contributed by atoms with van der Waals surface area (Å²) in [5.41, 5.74) is 5.83. The molecule has 0 saturated carbocycles. The summed E-state index contributed by atoms with van der Waals surface area (Å²) >= 11 is 0. The van der Waals surface area contributed by atoms with Crippen LogP contribution in [0.2, 0.25) is 0 Å². The molecule has 1 atom stereocenters. The van der Waals surface area contributed by atoms with Crippen molar-refractivity contribution in [1.29, 1.82) is 0 Å². The quantitative estimate of drug-likeness (QED) is 0.755. The van der Waals surface area contributed by atoms with E-state index in [0.29, 0.717) is 12.1 Å². The minimum absolute atomic E-state index is 0.0143. The van der Waals surface area contributed by atoms with Crippen molar-refractivity contribution in [2.75, 3.05) is 0 Å². The van der Waals surface area contributed by atoms with Crippen molar-refractivity contribution in [1.82, 2.24) is 20.1 Å². The summed E-state index contributed by atoms with van der Waals surface area (Å²) in [5, 5.41) is 7.22. The van der Waals surface area contributed by atoms with Crippen LogP contribution in [0.5, 0.6) is 0 Å². The molecule has 0 spiro atoms. The summed E-state index contributed by atoms with van der Waals surface area (Å²) in [5.74, 6) is -0.0486. The molecule has 1 N–H and O–H groups in total. The number of hydrogen-bond donors (Lipinski definition) is 1. The Labute approximate surface area is 159 Å². The van der Waals surface area contributed by atoms with Crippen LogP contribution in [0.4, 0.5) is 0 Å². The number of fused-ring (bicyclic) bond motifs is 1. The molecular weight excluding hydrogens is 336 g/mol. The molecule has 0 unspecified atom stereocenters. The van der Waals surface area contributed by atoms with Crippen molar-refractivity contribution >= 4 is 5.91 Å². The zero-order valence-corrected chi connectivity index (χ0v) is 15.6. The van der Waals surface area contributed by atoms with Crippen molar-refractivity contribution in [3.8, 4) is 0 Å². The van der Waals surface area contributed by atoms with E-state index in [4.69, 9.17) is 0 Å². The standard InChI is InChI=1S/C22H24N4O/c1-16(20-11-10-18-4-2-3-5-21(18)12-20)25-22(27)19-8-6-17(7-9-19)13-26-15-23-14-24-26/h6-12,14-16H,2-5,13H2,1H3,(H,25,27)/t16-/m1/s1. The van der Waals surface area contributed by atoms with Gasteiger partial charge >= 0.3 is 0 Å². The van der Waals surface area contributed by atoms with Crippen LogP contribution in [-0.2, 0) is 19.4 Å².